The minimum atomic E-state index is -0.966. The van der Waals surface area contributed by atoms with E-state index in [0.29, 0.717) is 11.3 Å². The molecule has 0 saturated carbocycles. The molecule has 2 aromatic rings. The van der Waals surface area contributed by atoms with E-state index < -0.39 is 47.7 Å². The van der Waals surface area contributed by atoms with E-state index in [4.69, 9.17) is 4.74 Å². The van der Waals surface area contributed by atoms with Crippen LogP contribution in [0.1, 0.15) is 52.6 Å². The molecule has 2 heterocycles. The third-order valence-electron chi connectivity index (χ3n) is 6.14. The van der Waals surface area contributed by atoms with Gasteiger partial charge in [0.15, 0.2) is 0 Å². The van der Waals surface area contributed by atoms with Crippen molar-refractivity contribution in [2.45, 2.75) is 70.9 Å². The topological polar surface area (TPSA) is 154 Å². The van der Waals surface area contributed by atoms with Gasteiger partial charge in [-0.05, 0) is 32.3 Å². The van der Waals surface area contributed by atoms with Crippen molar-refractivity contribution in [2.24, 2.45) is 5.92 Å². The minimum absolute atomic E-state index is 0.0403. The fraction of sp³-hybridized carbons (Fsp3) is 0.519. The number of hydrogen-bond acceptors (Lipinski definition) is 8. The molecule has 3 amide bonds. The van der Waals surface area contributed by atoms with Crippen molar-refractivity contribution < 1.29 is 29.3 Å². The number of carbonyl (C=O) groups is 3. The number of nitrogens with zero attached hydrogens (tertiary/aromatic N) is 3. The maximum absolute atomic E-state index is 13.5. The summed E-state index contributed by atoms with van der Waals surface area (Å²) >= 11 is 0. The van der Waals surface area contributed by atoms with Crippen LogP contribution in [0.5, 0.6) is 0 Å². The molecule has 0 spiro atoms. The lowest BCUT2D eigenvalue weighted by Gasteiger charge is -2.31. The van der Waals surface area contributed by atoms with E-state index in [0.717, 1.165) is 5.56 Å². The van der Waals surface area contributed by atoms with Crippen LogP contribution in [0.4, 0.5) is 4.79 Å². The van der Waals surface area contributed by atoms with Crippen molar-refractivity contribution in [1.29, 1.82) is 0 Å². The number of rotatable bonds is 8. The second-order valence-electron chi connectivity index (χ2n) is 10.7. The zero-order valence-corrected chi connectivity index (χ0v) is 22.4. The van der Waals surface area contributed by atoms with Crippen LogP contribution in [0.25, 0.3) is 11.3 Å². The Morgan fingerprint density at radius 2 is 1.82 bits per heavy atom. The summed E-state index contributed by atoms with van der Waals surface area (Å²) in [5.74, 6) is -1.29. The van der Waals surface area contributed by atoms with Crippen molar-refractivity contribution in [3.8, 4) is 11.3 Å². The number of β-amino-alcohol motifs (C(OH)–C–C–N with tert-alkyl or cyclic N) is 1. The van der Waals surface area contributed by atoms with Gasteiger partial charge in [0.2, 0.25) is 11.8 Å². The Hall–Kier alpha value is -3.57. The van der Waals surface area contributed by atoms with Crippen LogP contribution in [0.3, 0.4) is 0 Å². The van der Waals surface area contributed by atoms with E-state index in [-0.39, 0.29) is 25.5 Å². The summed E-state index contributed by atoms with van der Waals surface area (Å²) < 4.78 is 5.29. The summed E-state index contributed by atoms with van der Waals surface area (Å²) in [6, 6.07) is 4.54. The molecule has 3 rings (SSSR count). The smallest absolute Gasteiger partial charge is 0.408 e. The average molecular weight is 528 g/mol. The molecule has 4 N–H and O–H groups in total. The van der Waals surface area contributed by atoms with Crippen molar-refractivity contribution in [3.63, 3.8) is 0 Å². The first kappa shape index (κ1) is 29.0. The number of hydrogen-bond donors (Lipinski definition) is 4. The van der Waals surface area contributed by atoms with Gasteiger partial charge in [-0.3, -0.25) is 19.6 Å². The Morgan fingerprint density at radius 1 is 1.13 bits per heavy atom. The Morgan fingerprint density at radius 3 is 2.37 bits per heavy atom. The monoisotopic (exact) mass is 527 g/mol. The maximum atomic E-state index is 13.5. The number of nitrogens with one attached hydrogen (secondary N) is 2. The number of likely N-dealkylation sites (tertiary alicyclic amines) is 1. The SMILES string of the molecule is CC(C)[C@H](NC(=O)OC(C)(C)C)C(=O)N1C[C@H](O)C[C@H]1C(=O)N[C@@H](CO)c1ccc(-c2cnccn2)cc1. The highest BCUT2D eigenvalue weighted by atomic mass is 16.6. The number of aromatic nitrogens is 2. The van der Waals surface area contributed by atoms with Crippen molar-refractivity contribution in [3.05, 3.63) is 48.4 Å². The van der Waals surface area contributed by atoms with E-state index in [1.54, 1.807) is 65.3 Å². The molecule has 0 bridgehead atoms. The molecule has 206 valence electrons. The van der Waals surface area contributed by atoms with Gasteiger partial charge in [0.1, 0.15) is 17.7 Å². The summed E-state index contributed by atoms with van der Waals surface area (Å²) in [7, 11) is 0. The number of alkyl carbamates (subject to hydrolysis) is 1. The van der Waals surface area contributed by atoms with E-state index >= 15 is 0 Å². The maximum Gasteiger partial charge on any atom is 0.408 e. The molecule has 0 radical (unpaired) electrons. The van der Waals surface area contributed by atoms with Crippen molar-refractivity contribution in [1.82, 2.24) is 25.5 Å². The molecule has 0 aliphatic carbocycles. The van der Waals surface area contributed by atoms with Crippen LogP contribution in [0.2, 0.25) is 0 Å². The first-order chi connectivity index (χ1) is 17.9. The summed E-state index contributed by atoms with van der Waals surface area (Å²) in [6.07, 6.45) is 3.21. The van der Waals surface area contributed by atoms with Gasteiger partial charge in [-0.2, -0.15) is 0 Å². The van der Waals surface area contributed by atoms with Gasteiger partial charge in [-0.1, -0.05) is 38.1 Å². The number of benzene rings is 1. The molecule has 11 nitrogen and oxygen atoms in total. The fourth-order valence-corrected chi connectivity index (χ4v) is 4.27. The number of aliphatic hydroxyl groups excluding tert-OH is 2. The summed E-state index contributed by atoms with van der Waals surface area (Å²) in [5, 5.41) is 25.7. The van der Waals surface area contributed by atoms with Crippen LogP contribution in [-0.4, -0.2) is 79.9 Å². The summed E-state index contributed by atoms with van der Waals surface area (Å²) in [4.78, 5) is 48.7. The largest absolute Gasteiger partial charge is 0.444 e. The second-order valence-corrected chi connectivity index (χ2v) is 10.7. The first-order valence-electron chi connectivity index (χ1n) is 12.6. The van der Waals surface area contributed by atoms with Crippen LogP contribution < -0.4 is 10.6 Å². The van der Waals surface area contributed by atoms with Gasteiger partial charge < -0.3 is 30.5 Å². The minimum Gasteiger partial charge on any atom is -0.444 e. The first-order valence-corrected chi connectivity index (χ1v) is 12.6. The highest BCUT2D eigenvalue weighted by Crippen LogP contribution is 2.24. The number of aliphatic hydroxyl groups is 2. The summed E-state index contributed by atoms with van der Waals surface area (Å²) in [5.41, 5.74) is 1.44. The average Bonchev–Trinajstić information content (AvgIpc) is 3.26. The summed E-state index contributed by atoms with van der Waals surface area (Å²) in [6.45, 7) is 8.29. The fourth-order valence-electron chi connectivity index (χ4n) is 4.27. The molecule has 38 heavy (non-hydrogen) atoms. The third-order valence-corrected chi connectivity index (χ3v) is 6.14. The molecule has 1 aliphatic heterocycles. The number of carbonyl (C=O) groups excluding carboxylic acids is 3. The Kier molecular flexibility index (Phi) is 9.40. The zero-order valence-electron chi connectivity index (χ0n) is 22.4. The highest BCUT2D eigenvalue weighted by molar-refractivity contribution is 5.92. The lowest BCUT2D eigenvalue weighted by Crippen LogP contribution is -2.56. The molecule has 1 saturated heterocycles. The predicted molar refractivity (Wildman–Crippen MR) is 140 cm³/mol. The Bertz CT molecular complexity index is 1100. The molecular weight excluding hydrogens is 490 g/mol. The van der Waals surface area contributed by atoms with Gasteiger partial charge >= 0.3 is 6.09 Å². The van der Waals surface area contributed by atoms with E-state index in [2.05, 4.69) is 20.6 Å². The number of amides is 3. The van der Waals surface area contributed by atoms with E-state index in [9.17, 15) is 24.6 Å². The van der Waals surface area contributed by atoms with Crippen LogP contribution in [0.15, 0.2) is 42.9 Å². The second kappa shape index (κ2) is 12.3. The van der Waals surface area contributed by atoms with Crippen molar-refractivity contribution >= 4 is 17.9 Å². The lowest BCUT2D eigenvalue weighted by molar-refractivity contribution is -0.141. The number of ether oxygens (including phenoxy) is 1. The zero-order chi connectivity index (χ0) is 28.0. The van der Waals surface area contributed by atoms with Gasteiger partial charge in [-0.25, -0.2) is 4.79 Å². The predicted octanol–water partition coefficient (Wildman–Crippen LogP) is 1.80. The van der Waals surface area contributed by atoms with Gasteiger partial charge in [0, 0.05) is 30.9 Å². The standard InChI is InChI=1S/C27H37N5O6/c1-16(2)23(31-26(37)38-27(3,4)5)25(36)32-14-19(34)12-22(32)24(35)30-21(15-33)18-8-6-17(7-9-18)20-13-28-10-11-29-20/h6-11,13,16,19,21-23,33-34H,12,14-15H2,1-5H3,(H,30,35)(H,31,37)/t19-,21+,22+,23+/m1/s1. The van der Waals surface area contributed by atoms with Crippen molar-refractivity contribution in [2.75, 3.05) is 13.2 Å². The normalized spacial score (nSPS) is 19.1. The third kappa shape index (κ3) is 7.48. The van der Waals surface area contributed by atoms with Crippen LogP contribution >= 0.6 is 0 Å². The lowest BCUT2D eigenvalue weighted by atomic mass is 10.0. The molecule has 4 atom stereocenters. The Labute approximate surface area is 222 Å². The van der Waals surface area contributed by atoms with Gasteiger partial charge in [0.05, 0.1) is 30.6 Å². The molecule has 1 fully saturated rings. The highest BCUT2D eigenvalue weighted by Gasteiger charge is 2.43. The van der Waals surface area contributed by atoms with Crippen LogP contribution in [0, 0.1) is 5.92 Å². The van der Waals surface area contributed by atoms with E-state index in [1.165, 1.54) is 4.90 Å². The van der Waals surface area contributed by atoms with Gasteiger partial charge in [0.25, 0.3) is 0 Å². The molecular formula is C27H37N5O6. The molecule has 1 aromatic carbocycles. The molecule has 1 aliphatic rings. The van der Waals surface area contributed by atoms with Crippen LogP contribution in [-0.2, 0) is 14.3 Å². The Balaban J connectivity index is 1.72. The molecule has 11 heteroatoms. The quantitative estimate of drug-likeness (QED) is 0.405. The molecule has 0 unspecified atom stereocenters. The van der Waals surface area contributed by atoms with Gasteiger partial charge in [-0.15, -0.1) is 0 Å². The van der Waals surface area contributed by atoms with E-state index in [1.807, 2.05) is 12.1 Å². The molecule has 1 aromatic heterocycles.